The number of hydrogen-bond donors (Lipinski definition) is 1. The van der Waals surface area contributed by atoms with E-state index in [-0.39, 0.29) is 18.3 Å². The molecule has 0 aliphatic carbocycles. The van der Waals surface area contributed by atoms with Gasteiger partial charge in [0.2, 0.25) is 0 Å². The molecule has 0 bridgehead atoms. The molecule has 88 valence electrons. The molecule has 2 aliphatic rings. The van der Waals surface area contributed by atoms with E-state index in [4.69, 9.17) is 9.31 Å². The molecular weight excluding hydrogens is 201 g/mol. The molecule has 1 saturated heterocycles. The molecule has 0 radical (unpaired) electrons. The predicted octanol–water partition coefficient (Wildman–Crippen LogP) is 2.05. The highest BCUT2D eigenvalue weighted by atomic mass is 16.7. The average molecular weight is 221 g/mol. The van der Waals surface area contributed by atoms with E-state index in [2.05, 4.69) is 39.1 Å². The largest absolute Gasteiger partial charge is 0.494 e. The molecule has 16 heavy (non-hydrogen) atoms. The molecular formula is C12H20BNO2. The summed E-state index contributed by atoms with van der Waals surface area (Å²) in [5.41, 5.74) is 1.91. The van der Waals surface area contributed by atoms with Gasteiger partial charge in [-0.1, -0.05) is 6.08 Å². The zero-order valence-electron chi connectivity index (χ0n) is 10.8. The van der Waals surface area contributed by atoms with Crippen LogP contribution in [-0.2, 0) is 9.31 Å². The summed E-state index contributed by atoms with van der Waals surface area (Å²) in [7, 11) is -0.233. The van der Waals surface area contributed by atoms with Crippen molar-refractivity contribution in [1.29, 1.82) is 0 Å². The lowest BCUT2D eigenvalue weighted by atomic mass is 9.72. The second-order valence-corrected chi connectivity index (χ2v) is 5.38. The lowest BCUT2D eigenvalue weighted by Crippen LogP contribution is -2.41. The van der Waals surface area contributed by atoms with E-state index in [9.17, 15) is 0 Å². The first kappa shape index (κ1) is 11.7. The Morgan fingerprint density at radius 1 is 1.31 bits per heavy atom. The SMILES string of the molecule is C/C=C(\B1OC(C)(C)C(C)(C)O1)C1=CNC1. The summed E-state index contributed by atoms with van der Waals surface area (Å²) < 4.78 is 12.0. The second kappa shape index (κ2) is 3.64. The van der Waals surface area contributed by atoms with E-state index in [1.54, 1.807) is 0 Å². The third-order valence-corrected chi connectivity index (χ3v) is 3.76. The fourth-order valence-corrected chi connectivity index (χ4v) is 1.83. The molecule has 0 atom stereocenters. The van der Waals surface area contributed by atoms with Crippen molar-refractivity contribution in [3.63, 3.8) is 0 Å². The fraction of sp³-hybridized carbons (Fsp3) is 0.667. The van der Waals surface area contributed by atoms with E-state index in [0.717, 1.165) is 12.0 Å². The van der Waals surface area contributed by atoms with Gasteiger partial charge < -0.3 is 14.6 Å². The van der Waals surface area contributed by atoms with Gasteiger partial charge in [-0.3, -0.25) is 0 Å². The van der Waals surface area contributed by atoms with Crippen LogP contribution in [0.15, 0.2) is 23.3 Å². The highest BCUT2D eigenvalue weighted by molar-refractivity contribution is 6.56. The van der Waals surface area contributed by atoms with Crippen LogP contribution in [0.25, 0.3) is 0 Å². The van der Waals surface area contributed by atoms with Crippen LogP contribution < -0.4 is 5.32 Å². The summed E-state index contributed by atoms with van der Waals surface area (Å²) in [4.78, 5) is 0. The van der Waals surface area contributed by atoms with Gasteiger partial charge in [-0.05, 0) is 45.7 Å². The maximum atomic E-state index is 6.01. The van der Waals surface area contributed by atoms with Crippen LogP contribution in [0.2, 0.25) is 0 Å². The molecule has 4 heteroatoms. The van der Waals surface area contributed by atoms with Gasteiger partial charge in [0.15, 0.2) is 0 Å². The molecule has 3 nitrogen and oxygen atoms in total. The van der Waals surface area contributed by atoms with E-state index in [0.29, 0.717) is 0 Å². The first-order valence-electron chi connectivity index (χ1n) is 5.82. The third-order valence-electron chi connectivity index (χ3n) is 3.76. The zero-order valence-corrected chi connectivity index (χ0v) is 10.8. The molecule has 0 unspecified atom stereocenters. The minimum absolute atomic E-state index is 0.233. The normalized spacial score (nSPS) is 27.2. The van der Waals surface area contributed by atoms with Crippen molar-refractivity contribution < 1.29 is 9.31 Å². The van der Waals surface area contributed by atoms with E-state index < -0.39 is 0 Å². The molecule has 0 saturated carbocycles. The summed E-state index contributed by atoms with van der Waals surface area (Å²) in [6, 6.07) is 0. The molecule has 0 spiro atoms. The number of nitrogens with one attached hydrogen (secondary N) is 1. The van der Waals surface area contributed by atoms with Crippen LogP contribution in [0, 0.1) is 0 Å². The van der Waals surface area contributed by atoms with E-state index in [1.807, 2.05) is 13.1 Å². The van der Waals surface area contributed by atoms with Crippen LogP contribution in [0.1, 0.15) is 34.6 Å². The third kappa shape index (κ3) is 1.70. The summed E-state index contributed by atoms with van der Waals surface area (Å²) >= 11 is 0. The zero-order chi connectivity index (χ0) is 12.0. The van der Waals surface area contributed by atoms with Crippen LogP contribution >= 0.6 is 0 Å². The standard InChI is InChI=1S/C12H20BNO2/c1-6-10(9-7-14-8-9)13-15-11(2,3)12(4,5)16-13/h6-7,14H,8H2,1-5H3/b10-6-. The van der Waals surface area contributed by atoms with Gasteiger partial charge in [-0.2, -0.15) is 0 Å². The molecule has 0 aromatic rings. The Bertz CT molecular complexity index is 342. The molecule has 2 rings (SSSR count). The maximum absolute atomic E-state index is 6.01. The van der Waals surface area contributed by atoms with Crippen molar-refractivity contribution >= 4 is 7.12 Å². The minimum Gasteiger partial charge on any atom is -0.399 e. The molecule has 2 heterocycles. The Morgan fingerprint density at radius 3 is 2.12 bits per heavy atom. The molecule has 1 fully saturated rings. The first-order valence-corrected chi connectivity index (χ1v) is 5.82. The van der Waals surface area contributed by atoms with Crippen molar-refractivity contribution in [3.8, 4) is 0 Å². The molecule has 0 aromatic heterocycles. The van der Waals surface area contributed by atoms with Crippen molar-refractivity contribution in [2.24, 2.45) is 0 Å². The number of rotatable bonds is 2. The van der Waals surface area contributed by atoms with E-state index >= 15 is 0 Å². The Morgan fingerprint density at radius 2 is 1.81 bits per heavy atom. The smallest absolute Gasteiger partial charge is 0.399 e. The van der Waals surface area contributed by atoms with Gasteiger partial charge in [-0.25, -0.2) is 0 Å². The summed E-state index contributed by atoms with van der Waals surface area (Å²) in [6.45, 7) is 11.2. The van der Waals surface area contributed by atoms with Crippen LogP contribution in [0.3, 0.4) is 0 Å². The molecule has 1 N–H and O–H groups in total. The Balaban J connectivity index is 2.19. The van der Waals surface area contributed by atoms with Crippen molar-refractivity contribution in [3.05, 3.63) is 23.3 Å². The number of allylic oxidation sites excluding steroid dienone is 1. The molecule has 2 aliphatic heterocycles. The van der Waals surface area contributed by atoms with Gasteiger partial charge in [0.05, 0.1) is 11.2 Å². The van der Waals surface area contributed by atoms with Crippen LogP contribution in [0.4, 0.5) is 0 Å². The lowest BCUT2D eigenvalue weighted by molar-refractivity contribution is 0.00578. The quantitative estimate of drug-likeness (QED) is 0.724. The number of hydrogen-bond acceptors (Lipinski definition) is 3. The minimum atomic E-state index is -0.260. The van der Waals surface area contributed by atoms with Gasteiger partial charge in [0, 0.05) is 12.7 Å². The topological polar surface area (TPSA) is 30.5 Å². The van der Waals surface area contributed by atoms with Crippen LogP contribution in [-0.4, -0.2) is 24.9 Å². The predicted molar refractivity (Wildman–Crippen MR) is 65.9 cm³/mol. The van der Waals surface area contributed by atoms with Crippen molar-refractivity contribution in [1.82, 2.24) is 5.32 Å². The highest BCUT2D eigenvalue weighted by Crippen LogP contribution is 2.39. The second-order valence-electron chi connectivity index (χ2n) is 5.38. The fourth-order valence-electron chi connectivity index (χ4n) is 1.83. The maximum Gasteiger partial charge on any atom is 0.494 e. The highest BCUT2D eigenvalue weighted by Gasteiger charge is 2.52. The molecule has 0 amide bonds. The average Bonchev–Trinajstić information content (AvgIpc) is 2.28. The van der Waals surface area contributed by atoms with Crippen molar-refractivity contribution in [2.45, 2.75) is 45.8 Å². The van der Waals surface area contributed by atoms with Gasteiger partial charge in [0.1, 0.15) is 0 Å². The summed E-state index contributed by atoms with van der Waals surface area (Å²) in [6.07, 6.45) is 4.09. The lowest BCUT2D eigenvalue weighted by Gasteiger charge is -2.32. The van der Waals surface area contributed by atoms with Gasteiger partial charge >= 0.3 is 7.12 Å². The first-order chi connectivity index (χ1) is 7.37. The summed E-state index contributed by atoms with van der Waals surface area (Å²) in [5.74, 6) is 0. The summed E-state index contributed by atoms with van der Waals surface area (Å²) in [5, 5.41) is 3.13. The van der Waals surface area contributed by atoms with Gasteiger partial charge in [-0.15, -0.1) is 0 Å². The van der Waals surface area contributed by atoms with Crippen molar-refractivity contribution in [2.75, 3.05) is 6.54 Å². The van der Waals surface area contributed by atoms with E-state index in [1.165, 1.54) is 5.57 Å². The Labute approximate surface area is 98.0 Å². The monoisotopic (exact) mass is 221 g/mol. The van der Waals surface area contributed by atoms with Crippen LogP contribution in [0.5, 0.6) is 0 Å². The molecule has 0 aromatic carbocycles. The Hall–Kier alpha value is -0.735. The van der Waals surface area contributed by atoms with Gasteiger partial charge in [0.25, 0.3) is 0 Å². The Kier molecular flexibility index (Phi) is 2.67.